The molecule has 6 heteroatoms. The minimum Gasteiger partial charge on any atom is -0.486 e. The second kappa shape index (κ2) is 8.45. The molecule has 0 saturated carbocycles. The van der Waals surface area contributed by atoms with Crippen LogP contribution >= 0.6 is 11.8 Å². The van der Waals surface area contributed by atoms with Crippen LogP contribution in [0, 0.1) is 0 Å². The fourth-order valence-corrected chi connectivity index (χ4v) is 3.60. The van der Waals surface area contributed by atoms with Gasteiger partial charge in [0, 0.05) is 18.9 Å². The van der Waals surface area contributed by atoms with Gasteiger partial charge in [0.2, 0.25) is 5.91 Å². The number of benzene rings is 1. The Kier molecular flexibility index (Phi) is 6.05. The second-order valence-corrected chi connectivity index (χ2v) is 6.79. The number of amides is 1. The maximum atomic E-state index is 11.9. The van der Waals surface area contributed by atoms with Gasteiger partial charge in [-0.1, -0.05) is 6.07 Å². The molecule has 0 aromatic heterocycles. The van der Waals surface area contributed by atoms with Gasteiger partial charge in [-0.25, -0.2) is 0 Å². The zero-order chi connectivity index (χ0) is 15.9. The van der Waals surface area contributed by atoms with Crippen LogP contribution in [0.1, 0.15) is 24.8 Å². The van der Waals surface area contributed by atoms with Crippen molar-refractivity contribution < 1.29 is 19.0 Å². The van der Waals surface area contributed by atoms with Crippen LogP contribution in [0.25, 0.3) is 0 Å². The molecule has 5 nitrogen and oxygen atoms in total. The first-order valence-corrected chi connectivity index (χ1v) is 9.31. The Hall–Kier alpha value is -1.40. The third-order valence-electron chi connectivity index (χ3n) is 3.91. The minimum atomic E-state index is 0.0562. The summed E-state index contributed by atoms with van der Waals surface area (Å²) < 4.78 is 16.7. The third kappa shape index (κ3) is 5.04. The van der Waals surface area contributed by atoms with E-state index in [0.717, 1.165) is 42.3 Å². The van der Waals surface area contributed by atoms with Crippen LogP contribution in [0.5, 0.6) is 11.5 Å². The summed E-state index contributed by atoms with van der Waals surface area (Å²) in [6.45, 7) is 2.53. The molecule has 1 N–H and O–H groups in total. The van der Waals surface area contributed by atoms with Crippen molar-refractivity contribution in [2.75, 3.05) is 31.3 Å². The van der Waals surface area contributed by atoms with E-state index in [0.29, 0.717) is 31.6 Å². The number of nitrogens with one attached hydrogen (secondary N) is 1. The fourth-order valence-electron chi connectivity index (χ4n) is 2.67. The van der Waals surface area contributed by atoms with Crippen molar-refractivity contribution in [2.24, 2.45) is 0 Å². The summed E-state index contributed by atoms with van der Waals surface area (Å²) in [6.07, 6.45) is 3.84. The SMILES string of the molecule is O=C(CSC[C@H]1CCCCO1)NCc1ccc2c(c1)OCCO2. The summed E-state index contributed by atoms with van der Waals surface area (Å²) in [7, 11) is 0. The highest BCUT2D eigenvalue weighted by Crippen LogP contribution is 2.30. The van der Waals surface area contributed by atoms with E-state index < -0.39 is 0 Å². The molecule has 126 valence electrons. The number of rotatable bonds is 6. The van der Waals surface area contributed by atoms with E-state index in [-0.39, 0.29) is 5.91 Å². The van der Waals surface area contributed by atoms with Crippen LogP contribution < -0.4 is 14.8 Å². The smallest absolute Gasteiger partial charge is 0.230 e. The Morgan fingerprint density at radius 1 is 1.17 bits per heavy atom. The number of carbonyl (C=O) groups is 1. The Balaban J connectivity index is 1.37. The van der Waals surface area contributed by atoms with Crippen molar-refractivity contribution in [3.05, 3.63) is 23.8 Å². The van der Waals surface area contributed by atoms with Gasteiger partial charge in [-0.2, -0.15) is 0 Å². The molecule has 2 aliphatic heterocycles. The molecule has 0 aliphatic carbocycles. The predicted molar refractivity (Wildman–Crippen MR) is 90.2 cm³/mol. The zero-order valence-electron chi connectivity index (χ0n) is 13.2. The van der Waals surface area contributed by atoms with Gasteiger partial charge in [0.15, 0.2) is 11.5 Å². The Morgan fingerprint density at radius 2 is 2.04 bits per heavy atom. The number of thioether (sulfide) groups is 1. The molecule has 1 fully saturated rings. The van der Waals surface area contributed by atoms with Gasteiger partial charge in [0.05, 0.1) is 11.9 Å². The van der Waals surface area contributed by atoms with E-state index in [4.69, 9.17) is 14.2 Å². The Labute approximate surface area is 141 Å². The number of hydrogen-bond acceptors (Lipinski definition) is 5. The maximum Gasteiger partial charge on any atom is 0.230 e. The number of hydrogen-bond donors (Lipinski definition) is 1. The first kappa shape index (κ1) is 16.5. The molecule has 0 unspecified atom stereocenters. The van der Waals surface area contributed by atoms with Crippen LogP contribution in [-0.4, -0.2) is 43.3 Å². The average molecular weight is 337 g/mol. The number of fused-ring (bicyclic) bond motifs is 1. The lowest BCUT2D eigenvalue weighted by Gasteiger charge is -2.22. The van der Waals surface area contributed by atoms with Crippen molar-refractivity contribution in [2.45, 2.75) is 31.9 Å². The summed E-state index contributed by atoms with van der Waals surface area (Å²) in [5, 5.41) is 2.95. The van der Waals surface area contributed by atoms with Crippen molar-refractivity contribution >= 4 is 17.7 Å². The van der Waals surface area contributed by atoms with E-state index in [1.54, 1.807) is 11.8 Å². The zero-order valence-corrected chi connectivity index (χ0v) is 14.0. The van der Waals surface area contributed by atoms with Crippen molar-refractivity contribution in [3.8, 4) is 11.5 Å². The second-order valence-electron chi connectivity index (χ2n) is 5.76. The average Bonchev–Trinajstić information content (AvgIpc) is 2.61. The van der Waals surface area contributed by atoms with Crippen LogP contribution in [-0.2, 0) is 16.1 Å². The standard InChI is InChI=1S/C17H23NO4S/c19-17(12-23-11-14-3-1-2-6-20-14)18-10-13-4-5-15-16(9-13)22-8-7-21-15/h4-5,9,14H,1-3,6-8,10-12H2,(H,18,19)/t14-/m1/s1. The van der Waals surface area contributed by atoms with Crippen molar-refractivity contribution in [1.82, 2.24) is 5.32 Å². The van der Waals surface area contributed by atoms with Crippen molar-refractivity contribution in [1.29, 1.82) is 0 Å². The van der Waals surface area contributed by atoms with Crippen LogP contribution in [0.2, 0.25) is 0 Å². The molecule has 0 radical (unpaired) electrons. The molecule has 1 aromatic rings. The molecular weight excluding hydrogens is 314 g/mol. The number of ether oxygens (including phenoxy) is 3. The molecule has 1 amide bonds. The molecule has 2 heterocycles. The highest BCUT2D eigenvalue weighted by Gasteiger charge is 2.15. The number of carbonyl (C=O) groups excluding carboxylic acids is 1. The summed E-state index contributed by atoms with van der Waals surface area (Å²) in [4.78, 5) is 11.9. The highest BCUT2D eigenvalue weighted by atomic mass is 32.2. The molecule has 1 atom stereocenters. The first-order valence-electron chi connectivity index (χ1n) is 8.16. The Bertz CT molecular complexity index is 531. The van der Waals surface area contributed by atoms with Crippen molar-refractivity contribution in [3.63, 3.8) is 0 Å². The lowest BCUT2D eigenvalue weighted by atomic mass is 10.1. The van der Waals surface area contributed by atoms with E-state index in [9.17, 15) is 4.79 Å². The van der Waals surface area contributed by atoms with E-state index >= 15 is 0 Å². The third-order valence-corrected chi connectivity index (χ3v) is 4.98. The minimum absolute atomic E-state index is 0.0562. The maximum absolute atomic E-state index is 11.9. The van der Waals surface area contributed by atoms with Crippen LogP contribution in [0.15, 0.2) is 18.2 Å². The normalized spacial score (nSPS) is 20.1. The monoisotopic (exact) mass is 337 g/mol. The van der Waals surface area contributed by atoms with Gasteiger partial charge in [0.1, 0.15) is 13.2 Å². The van der Waals surface area contributed by atoms with Gasteiger partial charge < -0.3 is 19.5 Å². The molecule has 0 bridgehead atoms. The van der Waals surface area contributed by atoms with Gasteiger partial charge in [-0.05, 0) is 37.0 Å². The van der Waals surface area contributed by atoms with Gasteiger partial charge in [0.25, 0.3) is 0 Å². The van der Waals surface area contributed by atoms with E-state index in [2.05, 4.69) is 5.32 Å². The largest absolute Gasteiger partial charge is 0.486 e. The molecule has 1 aromatic carbocycles. The summed E-state index contributed by atoms with van der Waals surface area (Å²) in [5.41, 5.74) is 1.02. The highest BCUT2D eigenvalue weighted by molar-refractivity contribution is 7.99. The van der Waals surface area contributed by atoms with E-state index in [1.165, 1.54) is 6.42 Å². The molecule has 2 aliphatic rings. The van der Waals surface area contributed by atoms with E-state index in [1.807, 2.05) is 18.2 Å². The topological polar surface area (TPSA) is 56.8 Å². The first-order chi connectivity index (χ1) is 11.3. The van der Waals surface area contributed by atoms with Crippen LogP contribution in [0.3, 0.4) is 0 Å². The molecule has 1 saturated heterocycles. The van der Waals surface area contributed by atoms with Gasteiger partial charge in [-0.15, -0.1) is 11.8 Å². The van der Waals surface area contributed by atoms with Gasteiger partial charge >= 0.3 is 0 Å². The molecule has 23 heavy (non-hydrogen) atoms. The van der Waals surface area contributed by atoms with Gasteiger partial charge in [-0.3, -0.25) is 4.79 Å². The molecule has 3 rings (SSSR count). The quantitative estimate of drug-likeness (QED) is 0.864. The van der Waals surface area contributed by atoms with Crippen LogP contribution in [0.4, 0.5) is 0 Å². The summed E-state index contributed by atoms with van der Waals surface area (Å²) >= 11 is 1.64. The molecule has 0 spiro atoms. The molecular formula is C17H23NO4S. The summed E-state index contributed by atoms with van der Waals surface area (Å²) in [6, 6.07) is 5.78. The predicted octanol–water partition coefficient (Wildman–Crippen LogP) is 2.38. The summed E-state index contributed by atoms with van der Waals surface area (Å²) in [5.74, 6) is 2.96. The Morgan fingerprint density at radius 3 is 2.87 bits per heavy atom. The fraction of sp³-hybridized carbons (Fsp3) is 0.588. The lowest BCUT2D eigenvalue weighted by molar-refractivity contribution is -0.118. The lowest BCUT2D eigenvalue weighted by Crippen LogP contribution is -2.26.